The Kier molecular flexibility index (Phi) is 5.33. The molecule has 2 unspecified atom stereocenters. The minimum atomic E-state index is -0.806. The van der Waals surface area contributed by atoms with E-state index >= 15 is 0 Å². The van der Waals surface area contributed by atoms with Gasteiger partial charge < -0.3 is 15.2 Å². The lowest BCUT2D eigenvalue weighted by molar-refractivity contribution is -0.137. The molecule has 1 saturated heterocycles. The molecule has 2 atom stereocenters. The average molecular weight is 291 g/mol. The quantitative estimate of drug-likeness (QED) is 0.844. The molecule has 0 aromatic heterocycles. The van der Waals surface area contributed by atoms with Gasteiger partial charge in [-0.25, -0.2) is 0 Å². The Morgan fingerprint density at radius 3 is 2.67 bits per heavy atom. The van der Waals surface area contributed by atoms with Crippen LogP contribution in [0.5, 0.6) is 0 Å². The number of carboxylic acids is 1. The van der Waals surface area contributed by atoms with Crippen molar-refractivity contribution >= 4 is 17.6 Å². The summed E-state index contributed by atoms with van der Waals surface area (Å²) in [5.41, 5.74) is 1.69. The van der Waals surface area contributed by atoms with E-state index < -0.39 is 5.97 Å². The predicted octanol–water partition coefficient (Wildman–Crippen LogP) is 2.46. The highest BCUT2D eigenvalue weighted by atomic mass is 16.5. The molecule has 1 aliphatic heterocycles. The number of rotatable bonds is 6. The van der Waals surface area contributed by atoms with E-state index in [1.54, 1.807) is 0 Å². The molecule has 1 aromatic carbocycles. The second-order valence-corrected chi connectivity index (χ2v) is 5.29. The van der Waals surface area contributed by atoms with Crippen molar-refractivity contribution in [3.05, 3.63) is 29.8 Å². The van der Waals surface area contributed by atoms with Crippen molar-refractivity contribution in [2.45, 2.75) is 38.7 Å². The van der Waals surface area contributed by atoms with Crippen LogP contribution in [0.2, 0.25) is 0 Å². The normalized spacial score (nSPS) is 21.2. The lowest BCUT2D eigenvalue weighted by atomic mass is 9.98. The van der Waals surface area contributed by atoms with E-state index in [-0.39, 0.29) is 24.3 Å². The molecule has 0 aliphatic carbocycles. The number of nitrogens with one attached hydrogen (secondary N) is 1. The molecular weight excluding hydrogens is 270 g/mol. The van der Waals surface area contributed by atoms with Crippen LogP contribution in [0.15, 0.2) is 24.3 Å². The Hall–Kier alpha value is -1.88. The third-order valence-electron chi connectivity index (χ3n) is 3.80. The van der Waals surface area contributed by atoms with Gasteiger partial charge in [-0.15, -0.1) is 0 Å². The molecule has 5 nitrogen and oxygen atoms in total. The van der Waals surface area contributed by atoms with E-state index in [9.17, 15) is 9.59 Å². The second kappa shape index (κ2) is 7.22. The van der Waals surface area contributed by atoms with Gasteiger partial charge in [0.1, 0.15) is 0 Å². The van der Waals surface area contributed by atoms with E-state index in [1.165, 1.54) is 0 Å². The van der Waals surface area contributed by atoms with Crippen LogP contribution in [0.3, 0.4) is 0 Å². The third-order valence-corrected chi connectivity index (χ3v) is 3.80. The van der Waals surface area contributed by atoms with Gasteiger partial charge in [0.25, 0.3) is 0 Å². The van der Waals surface area contributed by atoms with Crippen molar-refractivity contribution < 1.29 is 19.4 Å². The van der Waals surface area contributed by atoms with Gasteiger partial charge in [0.05, 0.1) is 12.0 Å². The molecule has 0 saturated carbocycles. The van der Waals surface area contributed by atoms with Gasteiger partial charge >= 0.3 is 5.97 Å². The zero-order valence-corrected chi connectivity index (χ0v) is 12.2. The first-order chi connectivity index (χ1) is 10.1. The van der Waals surface area contributed by atoms with Crippen molar-refractivity contribution in [1.29, 1.82) is 0 Å². The first kappa shape index (κ1) is 15.5. The van der Waals surface area contributed by atoms with Gasteiger partial charge in [0.2, 0.25) is 5.91 Å². The monoisotopic (exact) mass is 291 g/mol. The summed E-state index contributed by atoms with van der Waals surface area (Å²) >= 11 is 0. The maximum Gasteiger partial charge on any atom is 0.303 e. The van der Waals surface area contributed by atoms with Crippen LogP contribution in [0.4, 0.5) is 5.69 Å². The summed E-state index contributed by atoms with van der Waals surface area (Å²) in [6, 6.07) is 7.32. The molecule has 1 fully saturated rings. The van der Waals surface area contributed by atoms with E-state index in [0.29, 0.717) is 13.0 Å². The Labute approximate surface area is 124 Å². The van der Waals surface area contributed by atoms with E-state index in [1.807, 2.05) is 31.2 Å². The summed E-state index contributed by atoms with van der Waals surface area (Å²) in [6.07, 6.45) is 2.23. The topological polar surface area (TPSA) is 75.6 Å². The molecule has 1 aliphatic rings. The van der Waals surface area contributed by atoms with Gasteiger partial charge in [-0.3, -0.25) is 9.59 Å². The molecule has 0 radical (unpaired) electrons. The SMILES string of the molecule is CCC1OCCC1C(=O)Nc1ccc(CCC(=O)O)cc1. The molecular formula is C16H21NO4. The van der Waals surface area contributed by atoms with Crippen molar-refractivity contribution in [1.82, 2.24) is 0 Å². The molecule has 1 heterocycles. The van der Waals surface area contributed by atoms with Gasteiger partial charge in [0, 0.05) is 18.7 Å². The molecule has 5 heteroatoms. The smallest absolute Gasteiger partial charge is 0.303 e. The fourth-order valence-electron chi connectivity index (χ4n) is 2.59. The van der Waals surface area contributed by atoms with Crippen LogP contribution in [0.25, 0.3) is 0 Å². The summed E-state index contributed by atoms with van der Waals surface area (Å²) in [5, 5.41) is 11.6. The molecule has 1 aromatic rings. The summed E-state index contributed by atoms with van der Waals surface area (Å²) in [5.74, 6) is -0.890. The zero-order chi connectivity index (χ0) is 15.2. The fourth-order valence-corrected chi connectivity index (χ4v) is 2.59. The number of aliphatic carboxylic acids is 1. The number of ether oxygens (including phenoxy) is 1. The second-order valence-electron chi connectivity index (χ2n) is 5.29. The lowest BCUT2D eigenvalue weighted by Gasteiger charge is -2.16. The fraction of sp³-hybridized carbons (Fsp3) is 0.500. The Bertz CT molecular complexity index is 498. The number of aryl methyl sites for hydroxylation is 1. The summed E-state index contributed by atoms with van der Waals surface area (Å²) in [6.45, 7) is 2.66. The number of amides is 1. The van der Waals surface area contributed by atoms with E-state index in [4.69, 9.17) is 9.84 Å². The first-order valence-electron chi connectivity index (χ1n) is 7.33. The number of carbonyl (C=O) groups excluding carboxylic acids is 1. The average Bonchev–Trinajstić information content (AvgIpc) is 2.95. The zero-order valence-electron chi connectivity index (χ0n) is 12.2. The van der Waals surface area contributed by atoms with Crippen LogP contribution in [0, 0.1) is 5.92 Å². The Morgan fingerprint density at radius 1 is 1.33 bits per heavy atom. The number of carbonyl (C=O) groups is 2. The van der Waals surface area contributed by atoms with Crippen LogP contribution < -0.4 is 5.32 Å². The lowest BCUT2D eigenvalue weighted by Crippen LogP contribution is -2.29. The molecule has 114 valence electrons. The van der Waals surface area contributed by atoms with Gasteiger partial charge in [-0.2, -0.15) is 0 Å². The van der Waals surface area contributed by atoms with Gasteiger partial charge in [-0.1, -0.05) is 19.1 Å². The maximum atomic E-state index is 12.2. The summed E-state index contributed by atoms with van der Waals surface area (Å²) < 4.78 is 5.53. The van der Waals surface area contributed by atoms with Crippen molar-refractivity contribution in [3.8, 4) is 0 Å². The largest absolute Gasteiger partial charge is 0.481 e. The number of anilines is 1. The Balaban J connectivity index is 1.90. The van der Waals surface area contributed by atoms with Crippen molar-refractivity contribution in [3.63, 3.8) is 0 Å². The predicted molar refractivity (Wildman–Crippen MR) is 79.2 cm³/mol. The summed E-state index contributed by atoms with van der Waals surface area (Å²) in [4.78, 5) is 22.7. The first-order valence-corrected chi connectivity index (χ1v) is 7.33. The molecule has 0 spiro atoms. The van der Waals surface area contributed by atoms with Gasteiger partial charge in [0.15, 0.2) is 0 Å². The van der Waals surface area contributed by atoms with Crippen molar-refractivity contribution in [2.75, 3.05) is 11.9 Å². The van der Waals surface area contributed by atoms with E-state index in [2.05, 4.69) is 5.32 Å². The number of hydrogen-bond donors (Lipinski definition) is 2. The van der Waals surface area contributed by atoms with Gasteiger partial charge in [-0.05, 0) is 37.0 Å². The molecule has 0 bridgehead atoms. The van der Waals surface area contributed by atoms with Crippen LogP contribution in [0.1, 0.15) is 31.7 Å². The molecule has 2 rings (SSSR count). The molecule has 2 N–H and O–H groups in total. The highest BCUT2D eigenvalue weighted by Gasteiger charge is 2.32. The third kappa shape index (κ3) is 4.29. The van der Waals surface area contributed by atoms with Crippen LogP contribution >= 0.6 is 0 Å². The molecule has 21 heavy (non-hydrogen) atoms. The van der Waals surface area contributed by atoms with Crippen LogP contribution in [-0.2, 0) is 20.7 Å². The maximum absolute atomic E-state index is 12.2. The molecule has 1 amide bonds. The number of benzene rings is 1. The minimum absolute atomic E-state index is 0.00219. The van der Waals surface area contributed by atoms with Crippen LogP contribution in [-0.4, -0.2) is 29.7 Å². The minimum Gasteiger partial charge on any atom is -0.481 e. The highest BCUT2D eigenvalue weighted by Crippen LogP contribution is 2.25. The number of carboxylic acid groups (broad SMARTS) is 1. The summed E-state index contributed by atoms with van der Waals surface area (Å²) in [7, 11) is 0. The Morgan fingerprint density at radius 2 is 2.05 bits per heavy atom. The van der Waals surface area contributed by atoms with Crippen molar-refractivity contribution in [2.24, 2.45) is 5.92 Å². The standard InChI is InChI=1S/C16H21NO4/c1-2-14-13(9-10-21-14)16(20)17-12-6-3-11(4-7-12)5-8-15(18)19/h3-4,6-7,13-14H,2,5,8-10H2,1H3,(H,17,20)(H,18,19). The number of hydrogen-bond acceptors (Lipinski definition) is 3. The van der Waals surface area contributed by atoms with E-state index in [0.717, 1.165) is 24.1 Å². The highest BCUT2D eigenvalue weighted by molar-refractivity contribution is 5.93.